The topological polar surface area (TPSA) is 12.0 Å². The molecule has 1 saturated carbocycles. The summed E-state index contributed by atoms with van der Waals surface area (Å²) >= 11 is 2.14. The first-order valence-corrected chi connectivity index (χ1v) is 8.60. The van der Waals surface area contributed by atoms with Gasteiger partial charge in [0.05, 0.1) is 0 Å². The van der Waals surface area contributed by atoms with E-state index >= 15 is 0 Å². The summed E-state index contributed by atoms with van der Waals surface area (Å²) in [5, 5.41) is 3.72. The maximum absolute atomic E-state index is 3.72. The normalized spacial score (nSPS) is 27.4. The van der Waals surface area contributed by atoms with Crippen LogP contribution in [0.25, 0.3) is 0 Å². The van der Waals surface area contributed by atoms with Crippen molar-refractivity contribution in [2.75, 3.05) is 18.1 Å². The lowest BCUT2D eigenvalue weighted by atomic mass is 9.79. The van der Waals surface area contributed by atoms with Crippen LogP contribution in [0.1, 0.15) is 53.4 Å². The van der Waals surface area contributed by atoms with Gasteiger partial charge in [-0.2, -0.15) is 11.8 Å². The Morgan fingerprint density at radius 2 is 1.76 bits per heavy atom. The lowest BCUT2D eigenvalue weighted by Gasteiger charge is -2.33. The minimum Gasteiger partial charge on any atom is -0.313 e. The Hall–Kier alpha value is 0.310. The van der Waals surface area contributed by atoms with Crippen LogP contribution in [0.15, 0.2) is 0 Å². The Bertz CT molecular complexity index is 185. The van der Waals surface area contributed by atoms with Gasteiger partial charge < -0.3 is 5.32 Å². The van der Waals surface area contributed by atoms with E-state index in [0.29, 0.717) is 0 Å². The van der Waals surface area contributed by atoms with Crippen molar-refractivity contribution in [3.05, 3.63) is 0 Å². The third-order valence-corrected chi connectivity index (χ3v) is 5.34. The second kappa shape index (κ2) is 8.42. The quantitative estimate of drug-likeness (QED) is 0.734. The Kier molecular flexibility index (Phi) is 7.61. The summed E-state index contributed by atoms with van der Waals surface area (Å²) in [6.07, 6.45) is 5.78. The molecule has 102 valence electrons. The van der Waals surface area contributed by atoms with E-state index in [4.69, 9.17) is 0 Å². The van der Waals surface area contributed by atoms with Crippen LogP contribution in [-0.2, 0) is 0 Å². The molecule has 1 rings (SSSR count). The Morgan fingerprint density at radius 3 is 2.29 bits per heavy atom. The van der Waals surface area contributed by atoms with Gasteiger partial charge in [-0.1, -0.05) is 40.5 Å². The first-order valence-electron chi connectivity index (χ1n) is 7.44. The molecule has 0 spiro atoms. The predicted octanol–water partition coefficient (Wildman–Crippen LogP) is 4.18. The van der Waals surface area contributed by atoms with E-state index in [2.05, 4.69) is 44.8 Å². The lowest BCUT2D eigenvalue weighted by molar-refractivity contribution is 0.243. The molecule has 2 heteroatoms. The zero-order valence-electron chi connectivity index (χ0n) is 12.2. The maximum Gasteiger partial charge on any atom is 0.0186 e. The Balaban J connectivity index is 2.31. The first kappa shape index (κ1) is 15.4. The molecule has 17 heavy (non-hydrogen) atoms. The van der Waals surface area contributed by atoms with Gasteiger partial charge in [-0.05, 0) is 42.9 Å². The smallest absolute Gasteiger partial charge is 0.0186 e. The highest BCUT2D eigenvalue weighted by Gasteiger charge is 2.25. The third kappa shape index (κ3) is 6.15. The SMILES string of the molecule is CCNC(CSCC(C)C)C1CCC(C)CC1. The monoisotopic (exact) mass is 257 g/mol. The van der Waals surface area contributed by atoms with E-state index in [1.54, 1.807) is 0 Å². The van der Waals surface area contributed by atoms with Gasteiger partial charge in [-0.3, -0.25) is 0 Å². The van der Waals surface area contributed by atoms with Crippen LogP contribution in [0.5, 0.6) is 0 Å². The number of nitrogens with one attached hydrogen (secondary N) is 1. The van der Waals surface area contributed by atoms with Gasteiger partial charge in [0.15, 0.2) is 0 Å². The number of hydrogen-bond acceptors (Lipinski definition) is 2. The minimum atomic E-state index is 0.760. The van der Waals surface area contributed by atoms with Crippen LogP contribution in [0, 0.1) is 17.8 Å². The van der Waals surface area contributed by atoms with Crippen LogP contribution < -0.4 is 5.32 Å². The van der Waals surface area contributed by atoms with E-state index in [9.17, 15) is 0 Å². The van der Waals surface area contributed by atoms with Gasteiger partial charge >= 0.3 is 0 Å². The molecule has 0 aromatic carbocycles. The molecule has 1 N–H and O–H groups in total. The molecule has 0 bridgehead atoms. The van der Waals surface area contributed by atoms with Crippen molar-refractivity contribution >= 4 is 11.8 Å². The van der Waals surface area contributed by atoms with Crippen molar-refractivity contribution in [1.82, 2.24) is 5.32 Å². The number of hydrogen-bond donors (Lipinski definition) is 1. The summed E-state index contributed by atoms with van der Waals surface area (Å²) in [6.45, 7) is 10.4. The fourth-order valence-corrected chi connectivity index (χ4v) is 3.99. The average molecular weight is 257 g/mol. The van der Waals surface area contributed by atoms with Crippen LogP contribution in [0.2, 0.25) is 0 Å². The summed E-state index contributed by atoms with van der Waals surface area (Å²) in [5.41, 5.74) is 0. The minimum absolute atomic E-state index is 0.760. The molecule has 0 aromatic heterocycles. The maximum atomic E-state index is 3.72. The van der Waals surface area contributed by atoms with Crippen LogP contribution in [-0.4, -0.2) is 24.1 Å². The molecule has 1 atom stereocenters. The van der Waals surface area contributed by atoms with Gasteiger partial charge in [0.1, 0.15) is 0 Å². The molecule has 0 aliphatic heterocycles. The summed E-state index contributed by atoms with van der Waals surface area (Å²) in [5.74, 6) is 5.35. The number of thioether (sulfide) groups is 1. The molecule has 0 amide bonds. The molecular weight excluding hydrogens is 226 g/mol. The second-order valence-electron chi connectivity index (χ2n) is 6.12. The van der Waals surface area contributed by atoms with Crippen LogP contribution in [0.3, 0.4) is 0 Å². The third-order valence-electron chi connectivity index (χ3n) is 3.84. The number of rotatable bonds is 7. The Morgan fingerprint density at radius 1 is 1.12 bits per heavy atom. The van der Waals surface area contributed by atoms with E-state index in [1.807, 2.05) is 0 Å². The zero-order valence-corrected chi connectivity index (χ0v) is 13.0. The standard InChI is InChI=1S/C15H31NS/c1-5-16-15(11-17-10-12(2)3)14-8-6-13(4)7-9-14/h12-16H,5-11H2,1-4H3. The van der Waals surface area contributed by atoms with E-state index in [1.165, 1.54) is 37.2 Å². The molecule has 0 aromatic rings. The highest BCUT2D eigenvalue weighted by atomic mass is 32.2. The molecule has 0 radical (unpaired) electrons. The van der Waals surface area contributed by atoms with E-state index in [0.717, 1.165) is 30.3 Å². The lowest BCUT2D eigenvalue weighted by Crippen LogP contribution is -2.40. The van der Waals surface area contributed by atoms with Crippen molar-refractivity contribution in [3.8, 4) is 0 Å². The second-order valence-corrected chi connectivity index (χ2v) is 7.19. The zero-order chi connectivity index (χ0) is 12.7. The van der Waals surface area contributed by atoms with Gasteiger partial charge in [-0.15, -0.1) is 0 Å². The van der Waals surface area contributed by atoms with Crippen LogP contribution in [0.4, 0.5) is 0 Å². The van der Waals surface area contributed by atoms with Gasteiger partial charge in [0.2, 0.25) is 0 Å². The largest absolute Gasteiger partial charge is 0.313 e. The van der Waals surface area contributed by atoms with E-state index < -0.39 is 0 Å². The predicted molar refractivity (Wildman–Crippen MR) is 80.7 cm³/mol. The molecule has 1 nitrogen and oxygen atoms in total. The fourth-order valence-electron chi connectivity index (χ4n) is 2.74. The molecule has 1 unspecified atom stereocenters. The van der Waals surface area contributed by atoms with Crippen molar-refractivity contribution in [1.29, 1.82) is 0 Å². The highest BCUT2D eigenvalue weighted by molar-refractivity contribution is 7.99. The summed E-state index contributed by atoms with van der Waals surface area (Å²) in [4.78, 5) is 0. The molecule has 1 fully saturated rings. The first-order chi connectivity index (χ1) is 8.13. The van der Waals surface area contributed by atoms with Crippen LogP contribution >= 0.6 is 11.8 Å². The Labute approximate surface area is 113 Å². The highest BCUT2D eigenvalue weighted by Crippen LogP contribution is 2.31. The van der Waals surface area contributed by atoms with Crippen molar-refractivity contribution in [2.24, 2.45) is 17.8 Å². The molecule has 0 heterocycles. The van der Waals surface area contributed by atoms with Gasteiger partial charge in [-0.25, -0.2) is 0 Å². The molecular formula is C15H31NS. The summed E-state index contributed by atoms with van der Waals surface area (Å²) < 4.78 is 0. The average Bonchev–Trinajstić information content (AvgIpc) is 2.29. The van der Waals surface area contributed by atoms with Gasteiger partial charge in [0.25, 0.3) is 0 Å². The summed E-state index contributed by atoms with van der Waals surface area (Å²) in [7, 11) is 0. The van der Waals surface area contributed by atoms with Crippen molar-refractivity contribution in [2.45, 2.75) is 59.4 Å². The van der Waals surface area contributed by atoms with Crippen molar-refractivity contribution < 1.29 is 0 Å². The van der Waals surface area contributed by atoms with Gasteiger partial charge in [0, 0.05) is 11.8 Å². The summed E-state index contributed by atoms with van der Waals surface area (Å²) in [6, 6.07) is 0.760. The van der Waals surface area contributed by atoms with E-state index in [-0.39, 0.29) is 0 Å². The molecule has 0 saturated heterocycles. The molecule has 1 aliphatic carbocycles. The van der Waals surface area contributed by atoms with Crippen molar-refractivity contribution in [3.63, 3.8) is 0 Å². The fraction of sp³-hybridized carbons (Fsp3) is 1.00. The molecule has 1 aliphatic rings.